The lowest BCUT2D eigenvalue weighted by molar-refractivity contribution is -0.385. The van der Waals surface area contributed by atoms with Crippen LogP contribution in [0.25, 0.3) is 0 Å². The lowest BCUT2D eigenvalue weighted by Crippen LogP contribution is -2.31. The molecular formula is C22H22N4O3. The summed E-state index contributed by atoms with van der Waals surface area (Å²) in [6, 6.07) is 14.6. The van der Waals surface area contributed by atoms with Crippen molar-refractivity contribution in [2.45, 2.75) is 38.8 Å². The number of amides is 1. The summed E-state index contributed by atoms with van der Waals surface area (Å²) in [7, 11) is 0. The molecule has 0 fully saturated rings. The average Bonchev–Trinajstić information content (AvgIpc) is 3.12. The highest BCUT2D eigenvalue weighted by molar-refractivity contribution is 5.95. The number of nitrogens with zero attached hydrogens (tertiary/aromatic N) is 3. The highest BCUT2D eigenvalue weighted by atomic mass is 16.6. The number of fused-ring (bicyclic) bond motifs is 1. The van der Waals surface area contributed by atoms with Gasteiger partial charge < -0.3 is 5.32 Å². The number of hydrogen-bond acceptors (Lipinski definition) is 4. The van der Waals surface area contributed by atoms with Crippen LogP contribution in [0.5, 0.6) is 0 Å². The molecule has 0 radical (unpaired) electrons. The van der Waals surface area contributed by atoms with Gasteiger partial charge in [-0.1, -0.05) is 36.4 Å². The normalized spacial score (nSPS) is 15.6. The van der Waals surface area contributed by atoms with Crippen molar-refractivity contribution in [2.75, 3.05) is 0 Å². The number of hydrogen-bond donors (Lipinski definition) is 1. The Morgan fingerprint density at radius 2 is 2.07 bits per heavy atom. The van der Waals surface area contributed by atoms with Gasteiger partial charge in [-0.15, -0.1) is 0 Å². The van der Waals surface area contributed by atoms with Gasteiger partial charge in [-0.05, 0) is 37.8 Å². The topological polar surface area (TPSA) is 90.1 Å². The van der Waals surface area contributed by atoms with Crippen LogP contribution in [0.3, 0.4) is 0 Å². The lowest BCUT2D eigenvalue weighted by atomic mass is 9.92. The smallest absolute Gasteiger partial charge is 0.273 e. The minimum absolute atomic E-state index is 0.0438. The molecule has 0 saturated heterocycles. The monoisotopic (exact) mass is 390 g/mol. The van der Waals surface area contributed by atoms with E-state index in [4.69, 9.17) is 0 Å². The second kappa shape index (κ2) is 7.87. The van der Waals surface area contributed by atoms with Gasteiger partial charge in [-0.3, -0.25) is 19.6 Å². The molecule has 1 amide bonds. The van der Waals surface area contributed by atoms with E-state index in [0.717, 1.165) is 30.5 Å². The van der Waals surface area contributed by atoms with Crippen molar-refractivity contribution in [3.05, 3.63) is 92.8 Å². The van der Waals surface area contributed by atoms with Gasteiger partial charge in [0.15, 0.2) is 0 Å². The first-order valence-electron chi connectivity index (χ1n) is 9.67. The molecule has 1 atom stereocenters. The summed E-state index contributed by atoms with van der Waals surface area (Å²) >= 11 is 0. The van der Waals surface area contributed by atoms with E-state index in [1.807, 2.05) is 29.1 Å². The van der Waals surface area contributed by atoms with Gasteiger partial charge in [0.05, 0.1) is 23.7 Å². The van der Waals surface area contributed by atoms with Crippen molar-refractivity contribution in [1.29, 1.82) is 0 Å². The Labute approximate surface area is 168 Å². The third-order valence-corrected chi connectivity index (χ3v) is 5.41. The van der Waals surface area contributed by atoms with Crippen molar-refractivity contribution in [3.63, 3.8) is 0 Å². The fraction of sp³-hybridized carbons (Fsp3) is 0.273. The summed E-state index contributed by atoms with van der Waals surface area (Å²) in [5.41, 5.74) is 4.14. The Hall–Kier alpha value is -3.48. The molecule has 1 heterocycles. The summed E-state index contributed by atoms with van der Waals surface area (Å²) < 4.78 is 2.00. The van der Waals surface area contributed by atoms with E-state index in [9.17, 15) is 14.9 Å². The molecule has 0 spiro atoms. The van der Waals surface area contributed by atoms with E-state index in [1.165, 1.54) is 11.6 Å². The molecule has 7 nitrogen and oxygen atoms in total. The fourth-order valence-electron chi connectivity index (χ4n) is 3.85. The van der Waals surface area contributed by atoms with Crippen LogP contribution >= 0.6 is 0 Å². The zero-order valence-electron chi connectivity index (χ0n) is 16.2. The number of nitro benzene ring substituents is 1. The molecule has 1 aliphatic rings. The summed E-state index contributed by atoms with van der Waals surface area (Å²) in [6.45, 7) is 2.36. The molecule has 1 aliphatic carbocycles. The van der Waals surface area contributed by atoms with Crippen molar-refractivity contribution >= 4 is 11.6 Å². The fourth-order valence-corrected chi connectivity index (χ4v) is 3.85. The maximum Gasteiger partial charge on any atom is 0.273 e. The van der Waals surface area contributed by atoms with Crippen molar-refractivity contribution < 1.29 is 9.72 Å². The van der Waals surface area contributed by atoms with Crippen LogP contribution in [-0.4, -0.2) is 20.6 Å². The van der Waals surface area contributed by atoms with Gasteiger partial charge >= 0.3 is 0 Å². The maximum atomic E-state index is 12.7. The van der Waals surface area contributed by atoms with E-state index in [2.05, 4.69) is 22.5 Å². The largest absolute Gasteiger partial charge is 0.345 e. The SMILES string of the molecule is Cc1ccc(C(=O)NC2CCCc3c2cnn3Cc2ccccc2)cc1[N+](=O)[O-]. The van der Waals surface area contributed by atoms with E-state index in [-0.39, 0.29) is 17.6 Å². The number of benzene rings is 2. The number of aromatic nitrogens is 2. The molecule has 148 valence electrons. The van der Waals surface area contributed by atoms with Gasteiger partial charge in [-0.2, -0.15) is 5.10 Å². The first-order chi connectivity index (χ1) is 14.0. The first-order valence-corrected chi connectivity index (χ1v) is 9.67. The third-order valence-electron chi connectivity index (χ3n) is 5.41. The molecule has 0 bridgehead atoms. The minimum atomic E-state index is -0.460. The molecule has 0 saturated carbocycles. The van der Waals surface area contributed by atoms with E-state index >= 15 is 0 Å². The second-order valence-corrected chi connectivity index (χ2v) is 7.37. The molecule has 7 heteroatoms. The molecule has 1 unspecified atom stereocenters. The van der Waals surface area contributed by atoms with Gasteiger partial charge in [0.25, 0.3) is 11.6 Å². The molecule has 3 aromatic rings. The van der Waals surface area contributed by atoms with Crippen molar-refractivity contribution in [3.8, 4) is 0 Å². The molecule has 2 aromatic carbocycles. The number of nitrogens with one attached hydrogen (secondary N) is 1. The minimum Gasteiger partial charge on any atom is -0.345 e. The highest BCUT2D eigenvalue weighted by Gasteiger charge is 2.26. The Bertz CT molecular complexity index is 1060. The van der Waals surface area contributed by atoms with Crippen LogP contribution in [0.1, 0.15) is 51.6 Å². The maximum absolute atomic E-state index is 12.7. The van der Waals surface area contributed by atoms with Crippen LogP contribution in [0.2, 0.25) is 0 Å². The zero-order chi connectivity index (χ0) is 20.4. The van der Waals surface area contributed by atoms with Gasteiger partial charge in [0.1, 0.15) is 0 Å². The van der Waals surface area contributed by atoms with Crippen molar-refractivity contribution in [2.24, 2.45) is 0 Å². The summed E-state index contributed by atoms with van der Waals surface area (Å²) in [5, 5.41) is 18.8. The molecule has 1 N–H and O–H groups in total. The summed E-state index contributed by atoms with van der Waals surface area (Å²) in [4.78, 5) is 23.5. The van der Waals surface area contributed by atoms with Gasteiger partial charge in [-0.25, -0.2) is 0 Å². The van der Waals surface area contributed by atoms with Crippen LogP contribution in [-0.2, 0) is 13.0 Å². The molecule has 29 heavy (non-hydrogen) atoms. The highest BCUT2D eigenvalue weighted by Crippen LogP contribution is 2.30. The number of nitro groups is 1. The van der Waals surface area contributed by atoms with Gasteiger partial charge in [0.2, 0.25) is 0 Å². The number of carbonyl (C=O) groups excluding carboxylic acids is 1. The Morgan fingerprint density at radius 1 is 1.28 bits per heavy atom. The third kappa shape index (κ3) is 3.89. The van der Waals surface area contributed by atoms with Gasteiger partial charge in [0, 0.05) is 28.5 Å². The van der Waals surface area contributed by atoms with Crippen LogP contribution in [0.15, 0.2) is 54.7 Å². The predicted octanol–water partition coefficient (Wildman–Crippen LogP) is 3.96. The summed E-state index contributed by atoms with van der Waals surface area (Å²) in [5.74, 6) is -0.304. The molecule has 0 aliphatic heterocycles. The van der Waals surface area contributed by atoms with Crippen LogP contribution in [0, 0.1) is 17.0 Å². The van der Waals surface area contributed by atoms with E-state index < -0.39 is 4.92 Å². The van der Waals surface area contributed by atoms with Crippen LogP contribution in [0.4, 0.5) is 5.69 Å². The Kier molecular flexibility index (Phi) is 5.12. The zero-order valence-corrected chi connectivity index (χ0v) is 16.2. The summed E-state index contributed by atoms with van der Waals surface area (Å²) in [6.07, 6.45) is 4.53. The van der Waals surface area contributed by atoms with Crippen LogP contribution < -0.4 is 5.32 Å². The van der Waals surface area contributed by atoms with E-state index in [1.54, 1.807) is 19.1 Å². The molecular weight excluding hydrogens is 368 g/mol. The number of carbonyl (C=O) groups is 1. The average molecular weight is 390 g/mol. The number of aryl methyl sites for hydroxylation is 1. The number of rotatable bonds is 5. The predicted molar refractivity (Wildman–Crippen MR) is 109 cm³/mol. The van der Waals surface area contributed by atoms with Crippen molar-refractivity contribution in [1.82, 2.24) is 15.1 Å². The lowest BCUT2D eigenvalue weighted by Gasteiger charge is -2.24. The molecule has 4 rings (SSSR count). The van der Waals surface area contributed by atoms with E-state index in [0.29, 0.717) is 17.7 Å². The first kappa shape index (κ1) is 18.9. The quantitative estimate of drug-likeness (QED) is 0.527. The second-order valence-electron chi connectivity index (χ2n) is 7.37. The molecule has 1 aromatic heterocycles. The Morgan fingerprint density at radius 3 is 2.83 bits per heavy atom. The standard InChI is InChI=1S/C22H22N4O3/c1-15-10-11-17(12-21(15)26(28)29)22(27)24-19-8-5-9-20-18(19)13-23-25(20)14-16-6-3-2-4-7-16/h2-4,6-7,10-13,19H,5,8-9,14H2,1H3,(H,24,27). The Balaban J connectivity index is 1.54.